The quantitative estimate of drug-likeness (QED) is 0.892. The number of rotatable bonds is 4. The number of amides is 2. The summed E-state index contributed by atoms with van der Waals surface area (Å²) in [5.41, 5.74) is 2.80. The molecule has 1 saturated heterocycles. The molecule has 1 aliphatic heterocycles. The van der Waals surface area contributed by atoms with Crippen LogP contribution >= 0.6 is 0 Å². The topological polar surface area (TPSA) is 83.6 Å². The van der Waals surface area contributed by atoms with Crippen LogP contribution in [0.4, 0.5) is 5.69 Å². The molecule has 0 spiro atoms. The van der Waals surface area contributed by atoms with Gasteiger partial charge in [0.15, 0.2) is 0 Å². The molecule has 2 amide bonds. The number of hydrogen-bond donors (Lipinski definition) is 1. The Labute approximate surface area is 152 Å². The molecule has 2 aromatic rings. The normalized spacial score (nSPS) is 18.8. The Hall–Kier alpha value is -2.67. The van der Waals surface area contributed by atoms with Crippen molar-refractivity contribution in [1.82, 2.24) is 5.32 Å². The van der Waals surface area contributed by atoms with Crippen LogP contribution in [0.25, 0.3) is 0 Å². The van der Waals surface area contributed by atoms with Gasteiger partial charge in [0.2, 0.25) is 15.9 Å². The Morgan fingerprint density at radius 3 is 2.27 bits per heavy atom. The molecular formula is C19H20N2O4S. The summed E-state index contributed by atoms with van der Waals surface area (Å²) in [6, 6.07) is 13.8. The average molecular weight is 372 g/mol. The maximum Gasteiger partial charge on any atom is 0.251 e. The van der Waals surface area contributed by atoms with Crippen LogP contribution in [0.1, 0.15) is 28.4 Å². The fraction of sp³-hybridized carbons (Fsp3) is 0.263. The van der Waals surface area contributed by atoms with Crippen molar-refractivity contribution >= 4 is 27.5 Å². The van der Waals surface area contributed by atoms with Gasteiger partial charge in [0.25, 0.3) is 5.91 Å². The Morgan fingerprint density at radius 2 is 1.73 bits per heavy atom. The van der Waals surface area contributed by atoms with Gasteiger partial charge < -0.3 is 5.32 Å². The van der Waals surface area contributed by atoms with Gasteiger partial charge in [0.1, 0.15) is 0 Å². The van der Waals surface area contributed by atoms with Crippen molar-refractivity contribution in [2.45, 2.75) is 20.4 Å². The van der Waals surface area contributed by atoms with E-state index in [-0.39, 0.29) is 17.3 Å². The Morgan fingerprint density at radius 1 is 1.12 bits per heavy atom. The van der Waals surface area contributed by atoms with Crippen LogP contribution in [0, 0.1) is 12.8 Å². The Kier molecular flexibility index (Phi) is 4.82. The molecule has 0 radical (unpaired) electrons. The van der Waals surface area contributed by atoms with Crippen LogP contribution in [-0.2, 0) is 21.4 Å². The van der Waals surface area contributed by atoms with Crippen molar-refractivity contribution in [2.24, 2.45) is 5.92 Å². The number of aryl methyl sites for hydroxylation is 1. The van der Waals surface area contributed by atoms with Gasteiger partial charge in [0.05, 0.1) is 17.4 Å². The zero-order valence-electron chi connectivity index (χ0n) is 14.6. The molecule has 0 saturated carbocycles. The summed E-state index contributed by atoms with van der Waals surface area (Å²) >= 11 is 0. The molecule has 1 aliphatic rings. The van der Waals surface area contributed by atoms with E-state index in [0.717, 1.165) is 15.4 Å². The van der Waals surface area contributed by atoms with Crippen molar-refractivity contribution in [3.63, 3.8) is 0 Å². The second-order valence-corrected chi connectivity index (χ2v) is 8.36. The van der Waals surface area contributed by atoms with Crippen LogP contribution in [0.3, 0.4) is 0 Å². The molecule has 1 N–H and O–H groups in total. The van der Waals surface area contributed by atoms with E-state index in [1.54, 1.807) is 6.92 Å². The number of carbonyl (C=O) groups is 2. The number of carbonyl (C=O) groups excluding carboxylic acids is 2. The average Bonchev–Trinajstić information content (AvgIpc) is 2.81. The van der Waals surface area contributed by atoms with Crippen LogP contribution < -0.4 is 9.62 Å². The standard InChI is InChI=1S/C19H20N2O4S/c1-13-3-5-15(6-4-13)11-20-18(22)16-7-9-17(10-8-16)21-19(23)14(2)12-26(21,24)25/h3-10,14H,11-12H2,1-2H3,(H,20,22)/t14-/m1/s1. The molecule has 6 nitrogen and oxygen atoms in total. The molecule has 1 atom stereocenters. The van der Waals surface area contributed by atoms with Crippen LogP contribution in [0.15, 0.2) is 48.5 Å². The molecule has 1 fully saturated rings. The maximum atomic E-state index is 12.3. The largest absolute Gasteiger partial charge is 0.348 e. The minimum Gasteiger partial charge on any atom is -0.348 e. The monoisotopic (exact) mass is 372 g/mol. The molecule has 1 heterocycles. The highest BCUT2D eigenvalue weighted by Gasteiger charge is 2.41. The summed E-state index contributed by atoms with van der Waals surface area (Å²) in [5, 5.41) is 2.82. The van der Waals surface area contributed by atoms with E-state index in [1.165, 1.54) is 24.3 Å². The third kappa shape index (κ3) is 3.62. The summed E-state index contributed by atoms with van der Waals surface area (Å²) < 4.78 is 25.0. The third-order valence-electron chi connectivity index (χ3n) is 4.30. The lowest BCUT2D eigenvalue weighted by Gasteiger charge is -2.15. The van der Waals surface area contributed by atoms with Crippen molar-refractivity contribution < 1.29 is 18.0 Å². The van der Waals surface area contributed by atoms with E-state index in [2.05, 4.69) is 5.32 Å². The number of anilines is 1. The molecule has 26 heavy (non-hydrogen) atoms. The number of nitrogens with one attached hydrogen (secondary N) is 1. The highest BCUT2D eigenvalue weighted by Crippen LogP contribution is 2.28. The minimum absolute atomic E-state index is 0.190. The first-order valence-electron chi connectivity index (χ1n) is 8.28. The van der Waals surface area contributed by atoms with Gasteiger partial charge in [-0.05, 0) is 36.8 Å². The number of sulfonamides is 1. The lowest BCUT2D eigenvalue weighted by molar-refractivity contribution is -0.119. The smallest absolute Gasteiger partial charge is 0.251 e. The first-order chi connectivity index (χ1) is 12.3. The SMILES string of the molecule is Cc1ccc(CNC(=O)c2ccc(N3C(=O)[C@H](C)CS3(=O)=O)cc2)cc1. The predicted molar refractivity (Wildman–Crippen MR) is 99.2 cm³/mol. The van der Waals surface area contributed by atoms with E-state index in [0.29, 0.717) is 12.1 Å². The Bertz CT molecular complexity index is 935. The van der Waals surface area contributed by atoms with Gasteiger partial charge in [-0.3, -0.25) is 9.59 Å². The van der Waals surface area contributed by atoms with Gasteiger partial charge in [0, 0.05) is 12.1 Å². The second kappa shape index (κ2) is 6.92. The van der Waals surface area contributed by atoms with Gasteiger partial charge in [-0.1, -0.05) is 36.8 Å². The summed E-state index contributed by atoms with van der Waals surface area (Å²) in [6.07, 6.45) is 0. The molecule has 0 aliphatic carbocycles. The summed E-state index contributed by atoms with van der Waals surface area (Å²) in [7, 11) is -3.64. The summed E-state index contributed by atoms with van der Waals surface area (Å²) in [6.45, 7) is 3.99. The summed E-state index contributed by atoms with van der Waals surface area (Å²) in [4.78, 5) is 24.3. The first-order valence-corrected chi connectivity index (χ1v) is 9.89. The second-order valence-electron chi connectivity index (χ2n) is 6.50. The van der Waals surface area contributed by atoms with E-state index in [9.17, 15) is 18.0 Å². The van der Waals surface area contributed by atoms with Gasteiger partial charge >= 0.3 is 0 Å². The molecule has 136 valence electrons. The van der Waals surface area contributed by atoms with E-state index in [1.807, 2.05) is 31.2 Å². The number of hydrogen-bond acceptors (Lipinski definition) is 4. The van der Waals surface area contributed by atoms with Crippen molar-refractivity contribution in [2.75, 3.05) is 10.1 Å². The van der Waals surface area contributed by atoms with Crippen molar-refractivity contribution in [3.8, 4) is 0 Å². The minimum atomic E-state index is -3.64. The fourth-order valence-corrected chi connectivity index (χ4v) is 4.65. The molecule has 0 unspecified atom stereocenters. The van der Waals surface area contributed by atoms with Crippen LogP contribution in [-0.4, -0.2) is 26.0 Å². The van der Waals surface area contributed by atoms with Gasteiger partial charge in [-0.25, -0.2) is 12.7 Å². The lowest BCUT2D eigenvalue weighted by atomic mass is 10.1. The molecule has 3 rings (SSSR count). The molecule has 0 bridgehead atoms. The first kappa shape index (κ1) is 18.1. The van der Waals surface area contributed by atoms with Crippen LogP contribution in [0.2, 0.25) is 0 Å². The zero-order valence-corrected chi connectivity index (χ0v) is 15.4. The highest BCUT2D eigenvalue weighted by molar-refractivity contribution is 7.94. The molecule has 7 heteroatoms. The van der Waals surface area contributed by atoms with Gasteiger partial charge in [-0.15, -0.1) is 0 Å². The third-order valence-corrected chi connectivity index (χ3v) is 6.17. The molecule has 2 aromatic carbocycles. The van der Waals surface area contributed by atoms with Gasteiger partial charge in [-0.2, -0.15) is 0 Å². The highest BCUT2D eigenvalue weighted by atomic mass is 32.2. The number of nitrogens with zero attached hydrogens (tertiary/aromatic N) is 1. The van der Waals surface area contributed by atoms with Crippen molar-refractivity contribution in [1.29, 1.82) is 0 Å². The van der Waals surface area contributed by atoms with Crippen LogP contribution in [0.5, 0.6) is 0 Å². The lowest BCUT2D eigenvalue weighted by Crippen LogP contribution is -2.30. The zero-order chi connectivity index (χ0) is 18.9. The molecule has 0 aromatic heterocycles. The van der Waals surface area contributed by atoms with E-state index < -0.39 is 21.8 Å². The number of benzene rings is 2. The Balaban J connectivity index is 1.70. The molecular weight excluding hydrogens is 352 g/mol. The van der Waals surface area contributed by atoms with Crippen molar-refractivity contribution in [3.05, 3.63) is 65.2 Å². The predicted octanol–water partition coefficient (Wildman–Crippen LogP) is 2.24. The maximum absolute atomic E-state index is 12.3. The summed E-state index contributed by atoms with van der Waals surface area (Å²) in [5.74, 6) is -1.45. The van der Waals surface area contributed by atoms with E-state index in [4.69, 9.17) is 0 Å². The fourth-order valence-electron chi connectivity index (χ4n) is 2.83. The van der Waals surface area contributed by atoms with E-state index >= 15 is 0 Å².